The predicted molar refractivity (Wildman–Crippen MR) is 95.9 cm³/mol. The zero-order valence-corrected chi connectivity index (χ0v) is 15.1. The third-order valence-electron chi connectivity index (χ3n) is 4.44. The minimum atomic E-state index is -0.451. The summed E-state index contributed by atoms with van der Waals surface area (Å²) in [6, 6.07) is 7.23. The molecule has 1 amide bonds. The van der Waals surface area contributed by atoms with Crippen LogP contribution in [-0.2, 0) is 16.5 Å². The van der Waals surface area contributed by atoms with Crippen LogP contribution < -0.4 is 5.56 Å². The minimum Gasteiger partial charge on any atom is -0.382 e. The van der Waals surface area contributed by atoms with Gasteiger partial charge in [-0.05, 0) is 19.9 Å². The normalized spacial score (nSPS) is 20.0. The largest absolute Gasteiger partial charge is 0.382 e. The van der Waals surface area contributed by atoms with Gasteiger partial charge in [0.25, 0.3) is 11.5 Å². The first kappa shape index (κ1) is 17.6. The molecule has 2 aromatic rings. The van der Waals surface area contributed by atoms with Gasteiger partial charge in [0.2, 0.25) is 0 Å². The van der Waals surface area contributed by atoms with E-state index in [-0.39, 0.29) is 17.6 Å². The van der Waals surface area contributed by atoms with Crippen LogP contribution >= 0.6 is 0 Å². The Morgan fingerprint density at radius 1 is 1.32 bits per heavy atom. The van der Waals surface area contributed by atoms with Gasteiger partial charge >= 0.3 is 0 Å². The molecule has 1 unspecified atom stereocenters. The summed E-state index contributed by atoms with van der Waals surface area (Å²) in [7, 11) is 3.29. The summed E-state index contributed by atoms with van der Waals surface area (Å²) in [5.74, 6) is -0.0933. The van der Waals surface area contributed by atoms with Gasteiger partial charge in [-0.15, -0.1) is 0 Å². The highest BCUT2D eigenvalue weighted by Crippen LogP contribution is 2.24. The van der Waals surface area contributed by atoms with Crippen molar-refractivity contribution in [2.75, 3.05) is 26.8 Å². The van der Waals surface area contributed by atoms with Crippen molar-refractivity contribution in [3.8, 4) is 0 Å². The van der Waals surface area contributed by atoms with Crippen LogP contribution in [0.5, 0.6) is 0 Å². The van der Waals surface area contributed by atoms with Crippen LogP contribution in [0.2, 0.25) is 0 Å². The van der Waals surface area contributed by atoms with Crippen LogP contribution in [0.25, 0.3) is 10.8 Å². The van der Waals surface area contributed by atoms with Crippen molar-refractivity contribution < 1.29 is 14.3 Å². The Hall–Kier alpha value is -2.18. The first-order chi connectivity index (χ1) is 11.8. The zero-order valence-electron chi connectivity index (χ0n) is 15.1. The smallest absolute Gasteiger partial charge is 0.258 e. The average Bonchev–Trinajstić information content (AvgIpc) is 2.56. The molecule has 0 saturated carbocycles. The number of hydrogen-bond donors (Lipinski definition) is 0. The molecule has 1 atom stereocenters. The van der Waals surface area contributed by atoms with Crippen molar-refractivity contribution in [3.63, 3.8) is 0 Å². The number of morpholine rings is 1. The molecule has 0 N–H and O–H groups in total. The van der Waals surface area contributed by atoms with Crippen molar-refractivity contribution in [3.05, 3.63) is 46.4 Å². The lowest BCUT2D eigenvalue weighted by atomic mass is 10.0. The van der Waals surface area contributed by atoms with Crippen LogP contribution in [0.4, 0.5) is 0 Å². The number of carbonyl (C=O) groups excluding carboxylic acids is 1. The molecule has 1 fully saturated rings. The van der Waals surface area contributed by atoms with Gasteiger partial charge in [0.15, 0.2) is 0 Å². The fourth-order valence-corrected chi connectivity index (χ4v) is 3.48. The van der Waals surface area contributed by atoms with Gasteiger partial charge in [0, 0.05) is 44.2 Å². The maximum atomic E-state index is 13.2. The second-order valence-electron chi connectivity index (χ2n) is 7.14. The lowest BCUT2D eigenvalue weighted by Crippen LogP contribution is -2.55. The highest BCUT2D eigenvalue weighted by Gasteiger charge is 2.36. The second kappa shape index (κ2) is 6.61. The molecule has 25 heavy (non-hydrogen) atoms. The maximum absolute atomic E-state index is 13.2. The Bertz CT molecular complexity index is 856. The zero-order chi connectivity index (χ0) is 18.2. The summed E-state index contributed by atoms with van der Waals surface area (Å²) in [6.07, 6.45) is 1.46. The van der Waals surface area contributed by atoms with Gasteiger partial charge < -0.3 is 18.9 Å². The predicted octanol–water partition coefficient (Wildman–Crippen LogP) is 1.80. The van der Waals surface area contributed by atoms with Crippen LogP contribution in [0.1, 0.15) is 24.2 Å². The Balaban J connectivity index is 2.02. The van der Waals surface area contributed by atoms with Gasteiger partial charge in [-0.1, -0.05) is 18.2 Å². The van der Waals surface area contributed by atoms with E-state index in [0.717, 1.165) is 0 Å². The summed E-state index contributed by atoms with van der Waals surface area (Å²) in [4.78, 5) is 27.3. The number of carbonyl (C=O) groups is 1. The van der Waals surface area contributed by atoms with Crippen LogP contribution in [0.3, 0.4) is 0 Å². The minimum absolute atomic E-state index is 0.0933. The lowest BCUT2D eigenvalue weighted by molar-refractivity contribution is -0.143. The van der Waals surface area contributed by atoms with Gasteiger partial charge in [0.05, 0.1) is 23.9 Å². The number of hydrogen-bond acceptors (Lipinski definition) is 4. The molecule has 1 aliphatic heterocycles. The molecule has 0 bridgehead atoms. The Kier molecular flexibility index (Phi) is 4.67. The number of benzene rings is 1. The third kappa shape index (κ3) is 3.45. The molecule has 1 aliphatic rings. The van der Waals surface area contributed by atoms with Gasteiger partial charge in [-0.25, -0.2) is 0 Å². The number of ether oxygens (including phenoxy) is 2. The standard InChI is InChI=1S/C19H24N2O4/c1-19(2)12-21(9-13(25-19)11-24-4)18(23)16-10-20(3)17(22)15-8-6-5-7-14(15)16/h5-8,10,13H,9,11-12H2,1-4H3. The summed E-state index contributed by atoms with van der Waals surface area (Å²) >= 11 is 0. The van der Waals surface area contributed by atoms with E-state index in [1.807, 2.05) is 32.0 Å². The molecule has 6 nitrogen and oxygen atoms in total. The van der Waals surface area contributed by atoms with E-state index in [4.69, 9.17) is 9.47 Å². The number of methoxy groups -OCH3 is 1. The molecule has 0 spiro atoms. The lowest BCUT2D eigenvalue weighted by Gasteiger charge is -2.42. The quantitative estimate of drug-likeness (QED) is 0.852. The molecule has 1 aromatic heterocycles. The average molecular weight is 344 g/mol. The fourth-order valence-electron chi connectivity index (χ4n) is 3.48. The van der Waals surface area contributed by atoms with Crippen molar-refractivity contribution >= 4 is 16.7 Å². The van der Waals surface area contributed by atoms with E-state index in [9.17, 15) is 9.59 Å². The first-order valence-electron chi connectivity index (χ1n) is 8.37. The monoisotopic (exact) mass is 344 g/mol. The Morgan fingerprint density at radius 2 is 2.00 bits per heavy atom. The van der Waals surface area contributed by atoms with Gasteiger partial charge in [-0.2, -0.15) is 0 Å². The summed E-state index contributed by atoms with van der Waals surface area (Å²) < 4.78 is 12.7. The molecule has 1 saturated heterocycles. The molecule has 3 rings (SSSR count). The van der Waals surface area contributed by atoms with E-state index >= 15 is 0 Å². The number of pyridine rings is 1. The molecule has 1 aromatic carbocycles. The van der Waals surface area contributed by atoms with Crippen molar-refractivity contribution in [2.45, 2.75) is 25.6 Å². The van der Waals surface area contributed by atoms with E-state index in [1.54, 1.807) is 31.3 Å². The summed E-state index contributed by atoms with van der Waals surface area (Å²) in [6.45, 7) is 5.32. The van der Waals surface area contributed by atoms with Gasteiger partial charge in [-0.3, -0.25) is 9.59 Å². The summed E-state index contributed by atoms with van der Waals surface area (Å²) in [5, 5.41) is 1.24. The molecule has 0 aliphatic carbocycles. The third-order valence-corrected chi connectivity index (χ3v) is 4.44. The van der Waals surface area contributed by atoms with Crippen LogP contribution in [-0.4, -0.2) is 53.9 Å². The first-order valence-corrected chi connectivity index (χ1v) is 8.37. The summed E-state index contributed by atoms with van der Waals surface area (Å²) in [5.41, 5.74) is -0.0219. The van der Waals surface area contributed by atoms with E-state index in [2.05, 4.69) is 0 Å². The van der Waals surface area contributed by atoms with Crippen molar-refractivity contribution in [1.29, 1.82) is 0 Å². The molecule has 0 radical (unpaired) electrons. The number of nitrogens with zero attached hydrogens (tertiary/aromatic N) is 2. The topological polar surface area (TPSA) is 60.8 Å². The van der Waals surface area contributed by atoms with Crippen molar-refractivity contribution in [2.24, 2.45) is 7.05 Å². The van der Waals surface area contributed by atoms with Crippen LogP contribution in [0, 0.1) is 0 Å². The van der Waals surface area contributed by atoms with Gasteiger partial charge in [0.1, 0.15) is 0 Å². The SMILES string of the molecule is COCC1CN(C(=O)c2cn(C)c(=O)c3ccccc23)CC(C)(C)O1. The highest BCUT2D eigenvalue weighted by molar-refractivity contribution is 6.06. The van der Waals surface area contributed by atoms with Crippen molar-refractivity contribution in [1.82, 2.24) is 9.47 Å². The number of aryl methyl sites for hydroxylation is 1. The Morgan fingerprint density at radius 3 is 2.68 bits per heavy atom. The number of rotatable bonds is 3. The highest BCUT2D eigenvalue weighted by atomic mass is 16.5. The fraction of sp³-hybridized carbons (Fsp3) is 0.474. The maximum Gasteiger partial charge on any atom is 0.258 e. The molecular weight excluding hydrogens is 320 g/mol. The van der Waals surface area contributed by atoms with E-state index < -0.39 is 5.60 Å². The van der Waals surface area contributed by atoms with E-state index in [1.165, 1.54) is 4.57 Å². The second-order valence-corrected chi connectivity index (χ2v) is 7.14. The number of amides is 1. The van der Waals surface area contributed by atoms with E-state index in [0.29, 0.717) is 36.0 Å². The number of fused-ring (bicyclic) bond motifs is 1. The number of aromatic nitrogens is 1. The van der Waals surface area contributed by atoms with Crippen LogP contribution in [0.15, 0.2) is 35.3 Å². The molecular formula is C19H24N2O4. The molecule has 6 heteroatoms. The Labute approximate surface area is 146 Å². The molecule has 2 heterocycles. The molecule has 134 valence electrons.